The topological polar surface area (TPSA) is 98.7 Å². The van der Waals surface area contributed by atoms with E-state index in [-0.39, 0.29) is 13.2 Å². The highest BCUT2D eigenvalue weighted by molar-refractivity contribution is 6.05. The van der Waals surface area contributed by atoms with Crippen LogP contribution in [0.3, 0.4) is 0 Å². The average molecular weight is 427 g/mol. The molecule has 0 aliphatic carbocycles. The molecule has 2 rings (SSSR count). The predicted octanol–water partition coefficient (Wildman–Crippen LogP) is 2.23. The van der Waals surface area contributed by atoms with E-state index in [1.165, 1.54) is 0 Å². The van der Waals surface area contributed by atoms with E-state index in [1.54, 1.807) is 13.8 Å². The Morgan fingerprint density at radius 2 is 1.10 bits per heavy atom. The highest BCUT2D eigenvalue weighted by Gasteiger charge is 2.43. The number of aliphatic hydroxyl groups excluding tert-OH is 2. The number of carbonyl (C=O) groups is 2. The Bertz CT molecular complexity index is 741. The average Bonchev–Trinajstić information content (AvgIpc) is 2.80. The Morgan fingerprint density at radius 3 is 1.39 bits per heavy atom. The number of amides is 2. The Hall–Kier alpha value is -2.70. The van der Waals surface area contributed by atoms with Gasteiger partial charge in [0, 0.05) is 0 Å². The lowest BCUT2D eigenvalue weighted by Crippen LogP contribution is -2.56. The quantitative estimate of drug-likeness (QED) is 0.391. The van der Waals surface area contributed by atoms with Gasteiger partial charge in [0.05, 0.1) is 25.3 Å². The van der Waals surface area contributed by atoms with Gasteiger partial charge in [0.25, 0.3) is 0 Å². The van der Waals surface area contributed by atoms with Gasteiger partial charge in [-0.1, -0.05) is 74.5 Å². The van der Waals surface area contributed by atoms with E-state index in [0.29, 0.717) is 25.7 Å². The smallest absolute Gasteiger partial charge is 0.235 e. The zero-order valence-electron chi connectivity index (χ0n) is 18.4. The van der Waals surface area contributed by atoms with Crippen LogP contribution in [0.25, 0.3) is 0 Å². The molecular weight excluding hydrogens is 392 g/mol. The van der Waals surface area contributed by atoms with Gasteiger partial charge in [-0.15, -0.1) is 0 Å². The van der Waals surface area contributed by atoms with Crippen LogP contribution < -0.4 is 10.6 Å². The summed E-state index contributed by atoms with van der Waals surface area (Å²) in [5, 5.41) is 25.3. The van der Waals surface area contributed by atoms with E-state index in [2.05, 4.69) is 10.6 Å². The third-order valence-electron chi connectivity index (χ3n) is 5.84. The van der Waals surface area contributed by atoms with E-state index >= 15 is 0 Å². The number of benzene rings is 2. The molecule has 2 atom stereocenters. The van der Waals surface area contributed by atoms with Gasteiger partial charge >= 0.3 is 0 Å². The lowest BCUT2D eigenvalue weighted by atomic mass is 9.79. The molecule has 0 fully saturated rings. The number of rotatable bonds is 12. The monoisotopic (exact) mass is 426 g/mol. The van der Waals surface area contributed by atoms with Crippen molar-refractivity contribution in [3.63, 3.8) is 0 Å². The van der Waals surface area contributed by atoms with E-state index in [4.69, 9.17) is 0 Å². The zero-order chi connectivity index (χ0) is 22.7. The predicted molar refractivity (Wildman–Crippen MR) is 121 cm³/mol. The second-order valence-corrected chi connectivity index (χ2v) is 7.87. The van der Waals surface area contributed by atoms with Crippen LogP contribution in [-0.2, 0) is 22.4 Å². The molecule has 0 bridgehead atoms. The van der Waals surface area contributed by atoms with Crippen LogP contribution in [0.2, 0.25) is 0 Å². The van der Waals surface area contributed by atoms with Gasteiger partial charge in [-0.2, -0.15) is 0 Å². The Labute approximate surface area is 184 Å². The minimum absolute atomic E-state index is 0.223. The first-order valence-corrected chi connectivity index (χ1v) is 10.9. The number of carbonyl (C=O) groups excluding carboxylic acids is 2. The van der Waals surface area contributed by atoms with Crippen LogP contribution in [0.4, 0.5) is 0 Å². The molecule has 6 nitrogen and oxygen atoms in total. The molecule has 0 unspecified atom stereocenters. The van der Waals surface area contributed by atoms with E-state index in [0.717, 1.165) is 11.1 Å². The van der Waals surface area contributed by atoms with Crippen molar-refractivity contribution in [1.82, 2.24) is 10.6 Å². The van der Waals surface area contributed by atoms with Crippen molar-refractivity contribution in [2.75, 3.05) is 13.2 Å². The first-order chi connectivity index (χ1) is 15.0. The molecule has 0 aliphatic heterocycles. The molecule has 2 amide bonds. The minimum atomic E-state index is -1.27. The van der Waals surface area contributed by atoms with Gasteiger partial charge in [-0.05, 0) is 36.8 Å². The summed E-state index contributed by atoms with van der Waals surface area (Å²) in [6, 6.07) is 18.2. The number of nitrogens with one attached hydrogen (secondary N) is 2. The molecule has 2 aromatic carbocycles. The summed E-state index contributed by atoms with van der Waals surface area (Å²) in [6.07, 6.45) is 1.57. The second kappa shape index (κ2) is 12.2. The van der Waals surface area contributed by atoms with Gasteiger partial charge in [-0.25, -0.2) is 0 Å². The summed E-state index contributed by atoms with van der Waals surface area (Å²) in [5.74, 6) is -0.803. The summed E-state index contributed by atoms with van der Waals surface area (Å²) in [5.41, 5.74) is 0.718. The molecular formula is C25H34N2O4. The molecule has 4 N–H and O–H groups in total. The van der Waals surface area contributed by atoms with Crippen molar-refractivity contribution in [1.29, 1.82) is 0 Å². The van der Waals surface area contributed by atoms with Crippen molar-refractivity contribution in [3.05, 3.63) is 71.8 Å². The summed E-state index contributed by atoms with van der Waals surface area (Å²) >= 11 is 0. The van der Waals surface area contributed by atoms with Crippen molar-refractivity contribution < 1.29 is 19.8 Å². The van der Waals surface area contributed by atoms with Gasteiger partial charge in [0.15, 0.2) is 0 Å². The largest absolute Gasteiger partial charge is 0.394 e. The van der Waals surface area contributed by atoms with E-state index in [1.807, 2.05) is 60.7 Å². The van der Waals surface area contributed by atoms with Crippen LogP contribution in [0.15, 0.2) is 60.7 Å². The fraction of sp³-hybridized carbons (Fsp3) is 0.440. The fourth-order valence-corrected chi connectivity index (χ4v) is 3.76. The Balaban J connectivity index is 2.10. The molecule has 0 aliphatic rings. The van der Waals surface area contributed by atoms with Crippen LogP contribution >= 0.6 is 0 Å². The number of hydrogen-bond acceptors (Lipinski definition) is 4. The molecule has 0 saturated heterocycles. The maximum Gasteiger partial charge on any atom is 0.235 e. The molecule has 0 aromatic heterocycles. The molecule has 2 aromatic rings. The highest BCUT2D eigenvalue weighted by atomic mass is 16.3. The third kappa shape index (κ3) is 6.64. The van der Waals surface area contributed by atoms with Gasteiger partial charge in [0.1, 0.15) is 5.41 Å². The van der Waals surface area contributed by atoms with E-state index < -0.39 is 29.3 Å². The number of aliphatic hydroxyl groups is 2. The van der Waals surface area contributed by atoms with Crippen LogP contribution in [0, 0.1) is 5.41 Å². The lowest BCUT2D eigenvalue weighted by Gasteiger charge is -2.32. The molecule has 0 spiro atoms. The van der Waals surface area contributed by atoms with E-state index in [9.17, 15) is 19.8 Å². The summed E-state index contributed by atoms with van der Waals surface area (Å²) < 4.78 is 0. The zero-order valence-corrected chi connectivity index (χ0v) is 18.4. The maximum atomic E-state index is 13.2. The Kier molecular flexibility index (Phi) is 9.69. The molecule has 31 heavy (non-hydrogen) atoms. The van der Waals surface area contributed by atoms with Crippen molar-refractivity contribution in [2.24, 2.45) is 5.41 Å². The molecule has 0 radical (unpaired) electrons. The molecule has 0 heterocycles. The van der Waals surface area contributed by atoms with Crippen molar-refractivity contribution >= 4 is 11.8 Å². The van der Waals surface area contributed by atoms with Crippen molar-refractivity contribution in [2.45, 2.75) is 51.6 Å². The molecule has 0 saturated carbocycles. The Morgan fingerprint density at radius 1 is 0.742 bits per heavy atom. The normalized spacial score (nSPS) is 13.3. The maximum absolute atomic E-state index is 13.2. The SMILES string of the molecule is CCC(CC)(C(=O)N[C@H](CO)Cc1ccccc1)C(=O)N[C@H](CO)Cc1ccccc1. The minimum Gasteiger partial charge on any atom is -0.394 e. The molecule has 168 valence electrons. The first kappa shape index (κ1) is 24.6. The molecule has 6 heteroatoms. The first-order valence-electron chi connectivity index (χ1n) is 10.9. The summed E-state index contributed by atoms with van der Waals surface area (Å²) in [7, 11) is 0. The highest BCUT2D eigenvalue weighted by Crippen LogP contribution is 2.28. The van der Waals surface area contributed by atoms with Gasteiger partial charge in [0.2, 0.25) is 11.8 Å². The van der Waals surface area contributed by atoms with Gasteiger partial charge < -0.3 is 20.8 Å². The van der Waals surface area contributed by atoms with Crippen molar-refractivity contribution in [3.8, 4) is 0 Å². The van der Waals surface area contributed by atoms with Crippen LogP contribution in [0.1, 0.15) is 37.8 Å². The van der Waals surface area contributed by atoms with Crippen LogP contribution in [0.5, 0.6) is 0 Å². The number of hydrogen-bond donors (Lipinski definition) is 4. The standard InChI is InChI=1S/C25H34N2O4/c1-3-25(4-2,23(30)26-21(17-28)15-19-11-7-5-8-12-19)24(31)27-22(18-29)16-20-13-9-6-10-14-20/h5-14,21-22,28-29H,3-4,15-18H2,1-2H3,(H,26,30)(H,27,31)/t21-,22-/m0/s1. The second-order valence-electron chi connectivity index (χ2n) is 7.87. The van der Waals surface area contributed by atoms with Crippen LogP contribution in [-0.4, -0.2) is 47.3 Å². The lowest BCUT2D eigenvalue weighted by molar-refractivity contribution is -0.145. The summed E-state index contributed by atoms with van der Waals surface area (Å²) in [6.45, 7) is 3.16. The van der Waals surface area contributed by atoms with Gasteiger partial charge in [-0.3, -0.25) is 9.59 Å². The third-order valence-corrected chi connectivity index (χ3v) is 5.84. The summed E-state index contributed by atoms with van der Waals surface area (Å²) in [4.78, 5) is 26.4. The fourth-order valence-electron chi connectivity index (χ4n) is 3.76.